The van der Waals surface area contributed by atoms with Gasteiger partial charge in [-0.15, -0.1) is 11.6 Å². The van der Waals surface area contributed by atoms with E-state index >= 15 is 0 Å². The van der Waals surface area contributed by atoms with E-state index in [-0.39, 0.29) is 5.78 Å². The normalized spacial score (nSPS) is 14.2. The number of Topliss-reactive ketones (excluding diaryl/α,β-unsaturated/α-hetero) is 1. The first-order valence-corrected chi connectivity index (χ1v) is 9.48. The lowest BCUT2D eigenvalue weighted by Gasteiger charge is -2.06. The van der Waals surface area contributed by atoms with Crippen LogP contribution in [-0.4, -0.2) is 11.8 Å². The molecule has 1 aliphatic carbocycles. The molecule has 3 nitrogen and oxygen atoms in total. The summed E-state index contributed by atoms with van der Waals surface area (Å²) in [5, 5.41) is 0. The second-order valence-electron chi connectivity index (χ2n) is 6.63. The highest BCUT2D eigenvalue weighted by molar-refractivity contribution is 6.17. The molecule has 3 aromatic rings. The first-order chi connectivity index (χ1) is 13.6. The van der Waals surface area contributed by atoms with E-state index < -0.39 is 5.97 Å². The number of halogens is 1. The number of rotatable bonds is 4. The van der Waals surface area contributed by atoms with Crippen LogP contribution in [0.2, 0.25) is 0 Å². The van der Waals surface area contributed by atoms with E-state index in [0.717, 1.165) is 27.8 Å². The third-order valence-corrected chi connectivity index (χ3v) is 5.00. The summed E-state index contributed by atoms with van der Waals surface area (Å²) >= 11 is 5.77. The van der Waals surface area contributed by atoms with Crippen LogP contribution in [0.4, 0.5) is 0 Å². The molecule has 138 valence electrons. The summed E-state index contributed by atoms with van der Waals surface area (Å²) in [7, 11) is 0. The van der Waals surface area contributed by atoms with Gasteiger partial charge in [-0.05, 0) is 47.0 Å². The minimum atomic E-state index is -0.435. The topological polar surface area (TPSA) is 43.4 Å². The number of hydrogen-bond donors (Lipinski definition) is 0. The zero-order valence-electron chi connectivity index (χ0n) is 15.0. The van der Waals surface area contributed by atoms with Gasteiger partial charge in [0.1, 0.15) is 5.75 Å². The number of ether oxygens (including phenoxy) is 1. The zero-order valence-corrected chi connectivity index (χ0v) is 15.8. The molecule has 0 spiro atoms. The summed E-state index contributed by atoms with van der Waals surface area (Å²) in [4.78, 5) is 24.9. The Kier molecular flexibility index (Phi) is 5.09. The molecule has 0 amide bonds. The SMILES string of the molecule is O=C(Oc1cccc(/C=C2\Cc3ccccc3C2=O)c1)c1ccc(CCl)cc1. The van der Waals surface area contributed by atoms with Crippen LogP contribution in [-0.2, 0) is 12.3 Å². The predicted molar refractivity (Wildman–Crippen MR) is 110 cm³/mol. The van der Waals surface area contributed by atoms with Crippen molar-refractivity contribution in [3.63, 3.8) is 0 Å². The Balaban J connectivity index is 1.52. The first kappa shape index (κ1) is 18.2. The molecular formula is C24H17ClO3. The molecule has 0 saturated carbocycles. The van der Waals surface area contributed by atoms with Gasteiger partial charge in [-0.25, -0.2) is 4.79 Å². The molecule has 0 atom stereocenters. The molecule has 4 heteroatoms. The molecule has 0 heterocycles. The zero-order chi connectivity index (χ0) is 19.5. The molecule has 0 fully saturated rings. The van der Waals surface area contributed by atoms with Crippen LogP contribution in [0.1, 0.15) is 37.4 Å². The molecule has 1 aliphatic rings. The standard InChI is InChI=1S/C24H17ClO3/c25-15-16-8-10-18(11-9-16)24(27)28-21-6-3-4-17(13-21)12-20-14-19-5-1-2-7-22(19)23(20)26/h1-13H,14-15H2/b20-12+. The maximum absolute atomic E-state index is 12.5. The van der Waals surface area contributed by atoms with Crippen molar-refractivity contribution in [2.24, 2.45) is 0 Å². The molecule has 0 radical (unpaired) electrons. The molecule has 28 heavy (non-hydrogen) atoms. The van der Waals surface area contributed by atoms with Crippen LogP contribution in [0.15, 0.2) is 78.4 Å². The van der Waals surface area contributed by atoms with Crippen LogP contribution in [0.5, 0.6) is 5.75 Å². The molecule has 0 bridgehead atoms. The Morgan fingerprint density at radius 2 is 1.79 bits per heavy atom. The Bertz CT molecular complexity index is 1080. The van der Waals surface area contributed by atoms with Gasteiger partial charge in [-0.2, -0.15) is 0 Å². The van der Waals surface area contributed by atoms with Crippen molar-refractivity contribution in [2.75, 3.05) is 0 Å². The van der Waals surface area contributed by atoms with Crippen molar-refractivity contribution >= 4 is 29.4 Å². The number of benzene rings is 3. The molecule has 0 aliphatic heterocycles. The Hall–Kier alpha value is -3.17. The van der Waals surface area contributed by atoms with E-state index in [1.165, 1.54) is 0 Å². The number of carbonyl (C=O) groups is 2. The van der Waals surface area contributed by atoms with Gasteiger partial charge in [0.25, 0.3) is 0 Å². The number of alkyl halides is 1. The number of carbonyl (C=O) groups excluding carboxylic acids is 2. The van der Waals surface area contributed by atoms with Crippen LogP contribution < -0.4 is 4.74 Å². The summed E-state index contributed by atoms with van der Waals surface area (Å²) in [6.07, 6.45) is 2.47. The fraction of sp³-hybridized carbons (Fsp3) is 0.0833. The number of hydrogen-bond acceptors (Lipinski definition) is 3. The lowest BCUT2D eigenvalue weighted by molar-refractivity contribution is 0.0734. The third kappa shape index (κ3) is 3.75. The molecule has 0 N–H and O–H groups in total. The maximum atomic E-state index is 12.5. The summed E-state index contributed by atoms with van der Waals surface area (Å²) < 4.78 is 5.48. The van der Waals surface area contributed by atoms with Gasteiger partial charge in [0.05, 0.1) is 5.56 Å². The lowest BCUT2D eigenvalue weighted by atomic mass is 10.1. The van der Waals surface area contributed by atoms with Gasteiger partial charge in [0.15, 0.2) is 5.78 Å². The predicted octanol–water partition coefficient (Wildman–Crippen LogP) is 5.47. The number of allylic oxidation sites excluding steroid dienone is 1. The van der Waals surface area contributed by atoms with Crippen LogP contribution in [0.3, 0.4) is 0 Å². The molecule has 0 unspecified atom stereocenters. The summed E-state index contributed by atoms with van der Waals surface area (Å²) in [6, 6.07) is 21.8. The first-order valence-electron chi connectivity index (χ1n) is 8.94. The van der Waals surface area contributed by atoms with Crippen LogP contribution in [0, 0.1) is 0 Å². The smallest absolute Gasteiger partial charge is 0.343 e. The third-order valence-electron chi connectivity index (χ3n) is 4.69. The Morgan fingerprint density at radius 1 is 1.00 bits per heavy atom. The monoisotopic (exact) mass is 388 g/mol. The van der Waals surface area contributed by atoms with Crippen molar-refractivity contribution < 1.29 is 14.3 Å². The van der Waals surface area contributed by atoms with E-state index in [9.17, 15) is 9.59 Å². The molecule has 0 aromatic heterocycles. The van der Waals surface area contributed by atoms with Crippen molar-refractivity contribution in [3.05, 3.63) is 106 Å². The summed E-state index contributed by atoms with van der Waals surface area (Å²) in [6.45, 7) is 0. The van der Waals surface area contributed by atoms with E-state index in [1.807, 2.05) is 36.4 Å². The van der Waals surface area contributed by atoms with Gasteiger partial charge in [0, 0.05) is 23.4 Å². The van der Waals surface area contributed by atoms with E-state index in [1.54, 1.807) is 42.5 Å². The molecular weight excluding hydrogens is 372 g/mol. The molecule has 4 rings (SSSR count). The minimum Gasteiger partial charge on any atom is -0.423 e. The molecule has 3 aromatic carbocycles. The summed E-state index contributed by atoms with van der Waals surface area (Å²) in [5.74, 6) is 0.450. The number of fused-ring (bicyclic) bond motifs is 1. The van der Waals surface area contributed by atoms with Gasteiger partial charge in [-0.1, -0.05) is 48.5 Å². The van der Waals surface area contributed by atoms with Crippen molar-refractivity contribution in [1.29, 1.82) is 0 Å². The maximum Gasteiger partial charge on any atom is 0.343 e. The largest absolute Gasteiger partial charge is 0.423 e. The highest BCUT2D eigenvalue weighted by Crippen LogP contribution is 2.28. The number of ketones is 1. The van der Waals surface area contributed by atoms with Crippen LogP contribution >= 0.6 is 11.6 Å². The highest BCUT2D eigenvalue weighted by Gasteiger charge is 2.23. The van der Waals surface area contributed by atoms with E-state index in [0.29, 0.717) is 23.6 Å². The highest BCUT2D eigenvalue weighted by atomic mass is 35.5. The molecule has 0 saturated heterocycles. The lowest BCUT2D eigenvalue weighted by Crippen LogP contribution is -2.08. The Labute approximate surface area is 168 Å². The van der Waals surface area contributed by atoms with Crippen molar-refractivity contribution in [2.45, 2.75) is 12.3 Å². The van der Waals surface area contributed by atoms with Crippen LogP contribution in [0.25, 0.3) is 6.08 Å². The average molecular weight is 389 g/mol. The minimum absolute atomic E-state index is 0.0531. The second kappa shape index (κ2) is 7.83. The van der Waals surface area contributed by atoms with Crippen molar-refractivity contribution in [3.8, 4) is 5.75 Å². The fourth-order valence-corrected chi connectivity index (χ4v) is 3.41. The van der Waals surface area contributed by atoms with Crippen molar-refractivity contribution in [1.82, 2.24) is 0 Å². The quantitative estimate of drug-likeness (QED) is 0.258. The van der Waals surface area contributed by atoms with Gasteiger partial charge < -0.3 is 4.74 Å². The van der Waals surface area contributed by atoms with E-state index in [4.69, 9.17) is 16.3 Å². The Morgan fingerprint density at radius 3 is 2.54 bits per heavy atom. The number of esters is 1. The van der Waals surface area contributed by atoms with E-state index in [2.05, 4.69) is 0 Å². The fourth-order valence-electron chi connectivity index (χ4n) is 3.24. The van der Waals surface area contributed by atoms with Gasteiger partial charge in [-0.3, -0.25) is 4.79 Å². The second-order valence-corrected chi connectivity index (χ2v) is 6.89. The van der Waals surface area contributed by atoms with Gasteiger partial charge >= 0.3 is 5.97 Å². The summed E-state index contributed by atoms with van der Waals surface area (Å²) in [5.41, 5.74) is 4.76. The average Bonchev–Trinajstić information content (AvgIpc) is 3.04. The van der Waals surface area contributed by atoms with Gasteiger partial charge in [0.2, 0.25) is 0 Å².